The summed E-state index contributed by atoms with van der Waals surface area (Å²) >= 11 is 0. The van der Waals surface area contributed by atoms with Crippen molar-refractivity contribution in [2.45, 2.75) is 44.9 Å². The minimum atomic E-state index is -4.77. The maximum absolute atomic E-state index is 12.3. The zero-order chi connectivity index (χ0) is 15.3. The summed E-state index contributed by atoms with van der Waals surface area (Å²) in [5.41, 5.74) is 0.0475. The number of amides is 1. The van der Waals surface area contributed by atoms with Crippen LogP contribution in [0.5, 0.6) is 5.75 Å². The van der Waals surface area contributed by atoms with E-state index in [1.54, 1.807) is 6.07 Å². The van der Waals surface area contributed by atoms with Crippen LogP contribution in [-0.4, -0.2) is 12.3 Å². The number of rotatable bonds is 5. The van der Waals surface area contributed by atoms with Crippen LogP contribution in [0.3, 0.4) is 0 Å². The molecule has 21 heavy (non-hydrogen) atoms. The summed E-state index contributed by atoms with van der Waals surface area (Å²) < 4.78 is 40.7. The standard InChI is InChI=1S/C15H18F3NO2/c16-15(17,18)21-13-8-4-3-7-12(13)19-14(20)10-9-11-5-1-2-6-11/h3-4,7-8,11H,1-2,5-6,9-10H2,(H,19,20). The summed E-state index contributed by atoms with van der Waals surface area (Å²) in [5.74, 6) is -0.100. The van der Waals surface area contributed by atoms with Crippen molar-refractivity contribution < 1.29 is 22.7 Å². The van der Waals surface area contributed by atoms with Crippen LogP contribution in [0.25, 0.3) is 0 Å². The molecule has 1 N–H and O–H groups in total. The minimum absolute atomic E-state index is 0.0475. The second kappa shape index (κ2) is 6.83. The van der Waals surface area contributed by atoms with E-state index >= 15 is 0 Å². The average Bonchev–Trinajstić information content (AvgIpc) is 2.90. The molecule has 3 nitrogen and oxygen atoms in total. The molecule has 0 aromatic heterocycles. The van der Waals surface area contributed by atoms with E-state index in [0.717, 1.165) is 19.3 Å². The second-order valence-corrected chi connectivity index (χ2v) is 5.28. The van der Waals surface area contributed by atoms with Gasteiger partial charge in [-0.3, -0.25) is 4.79 Å². The Labute approximate surface area is 121 Å². The lowest BCUT2D eigenvalue weighted by Gasteiger charge is -2.14. The SMILES string of the molecule is O=C(CCC1CCCC1)Nc1ccccc1OC(F)(F)F. The lowest BCUT2D eigenvalue weighted by Crippen LogP contribution is -2.19. The highest BCUT2D eigenvalue weighted by molar-refractivity contribution is 5.92. The Hall–Kier alpha value is -1.72. The van der Waals surface area contributed by atoms with Crippen LogP contribution in [0.4, 0.5) is 18.9 Å². The van der Waals surface area contributed by atoms with Gasteiger partial charge in [0.05, 0.1) is 5.69 Å². The highest BCUT2D eigenvalue weighted by atomic mass is 19.4. The van der Waals surface area contributed by atoms with Crippen molar-refractivity contribution in [3.8, 4) is 5.75 Å². The zero-order valence-electron chi connectivity index (χ0n) is 11.6. The number of hydrogen-bond donors (Lipinski definition) is 1. The predicted molar refractivity (Wildman–Crippen MR) is 72.9 cm³/mol. The van der Waals surface area contributed by atoms with Crippen LogP contribution in [0.1, 0.15) is 38.5 Å². The summed E-state index contributed by atoms with van der Waals surface area (Å²) in [6.07, 6.45) is 1.02. The Morgan fingerprint density at radius 1 is 1.24 bits per heavy atom. The molecule has 0 spiro atoms. The summed E-state index contributed by atoms with van der Waals surface area (Å²) in [6.45, 7) is 0. The smallest absolute Gasteiger partial charge is 0.404 e. The number of ether oxygens (including phenoxy) is 1. The van der Waals surface area contributed by atoms with E-state index in [1.807, 2.05) is 0 Å². The zero-order valence-corrected chi connectivity index (χ0v) is 11.6. The molecule has 1 aromatic rings. The molecule has 0 radical (unpaired) electrons. The van der Waals surface area contributed by atoms with Gasteiger partial charge in [0.1, 0.15) is 0 Å². The van der Waals surface area contributed by atoms with Crippen molar-refractivity contribution in [2.75, 3.05) is 5.32 Å². The summed E-state index contributed by atoms with van der Waals surface area (Å²) in [4.78, 5) is 11.8. The van der Waals surface area contributed by atoms with Crippen molar-refractivity contribution in [3.63, 3.8) is 0 Å². The number of hydrogen-bond acceptors (Lipinski definition) is 2. The van der Waals surface area contributed by atoms with E-state index < -0.39 is 6.36 Å². The Morgan fingerprint density at radius 3 is 2.57 bits per heavy atom. The van der Waals surface area contributed by atoms with Gasteiger partial charge < -0.3 is 10.1 Å². The number of nitrogens with one attached hydrogen (secondary N) is 1. The van der Waals surface area contributed by atoms with E-state index in [0.29, 0.717) is 12.3 Å². The van der Waals surface area contributed by atoms with Crippen LogP contribution in [0, 0.1) is 5.92 Å². The Kier molecular flexibility index (Phi) is 5.09. The molecule has 1 saturated carbocycles. The van der Waals surface area contributed by atoms with Crippen LogP contribution >= 0.6 is 0 Å². The maximum Gasteiger partial charge on any atom is 0.573 e. The van der Waals surface area contributed by atoms with Crippen LogP contribution in [0.15, 0.2) is 24.3 Å². The van der Waals surface area contributed by atoms with Gasteiger partial charge in [-0.05, 0) is 24.5 Å². The van der Waals surface area contributed by atoms with Crippen molar-refractivity contribution >= 4 is 11.6 Å². The monoisotopic (exact) mass is 301 g/mol. The Morgan fingerprint density at radius 2 is 1.90 bits per heavy atom. The van der Waals surface area contributed by atoms with Gasteiger partial charge in [0.2, 0.25) is 5.91 Å². The highest BCUT2D eigenvalue weighted by Crippen LogP contribution is 2.31. The quantitative estimate of drug-likeness (QED) is 0.870. The second-order valence-electron chi connectivity index (χ2n) is 5.28. The van der Waals surface area contributed by atoms with Crippen molar-refractivity contribution in [2.24, 2.45) is 5.92 Å². The topological polar surface area (TPSA) is 38.3 Å². The molecule has 6 heteroatoms. The number of halogens is 3. The van der Waals surface area contributed by atoms with Crippen LogP contribution in [0.2, 0.25) is 0 Å². The third kappa shape index (κ3) is 5.28. The molecule has 1 aromatic carbocycles. The van der Waals surface area contributed by atoms with Gasteiger partial charge in [0.15, 0.2) is 5.75 Å². The van der Waals surface area contributed by atoms with Gasteiger partial charge in [-0.2, -0.15) is 0 Å². The molecule has 1 fully saturated rings. The van der Waals surface area contributed by atoms with E-state index in [9.17, 15) is 18.0 Å². The normalized spacial score (nSPS) is 16.0. The Balaban J connectivity index is 1.90. The molecule has 0 unspecified atom stereocenters. The third-order valence-corrected chi connectivity index (χ3v) is 3.64. The molecular formula is C15H18F3NO2. The third-order valence-electron chi connectivity index (χ3n) is 3.64. The first-order chi connectivity index (χ1) is 9.94. The van der Waals surface area contributed by atoms with E-state index in [4.69, 9.17) is 0 Å². The molecule has 1 aliphatic carbocycles. The number of para-hydroxylation sites is 2. The lowest BCUT2D eigenvalue weighted by molar-refractivity contribution is -0.274. The summed E-state index contributed by atoms with van der Waals surface area (Å²) in [5, 5.41) is 2.49. The first kappa shape index (κ1) is 15.7. The first-order valence-corrected chi connectivity index (χ1v) is 7.08. The predicted octanol–water partition coefficient (Wildman–Crippen LogP) is 4.49. The highest BCUT2D eigenvalue weighted by Gasteiger charge is 2.32. The van der Waals surface area contributed by atoms with Gasteiger partial charge in [-0.25, -0.2) is 0 Å². The largest absolute Gasteiger partial charge is 0.573 e. The van der Waals surface area contributed by atoms with Gasteiger partial charge in [-0.1, -0.05) is 37.8 Å². The maximum atomic E-state index is 12.3. The fourth-order valence-corrected chi connectivity index (χ4v) is 2.63. The van der Waals surface area contributed by atoms with E-state index in [2.05, 4.69) is 10.1 Å². The number of carbonyl (C=O) groups is 1. The average molecular weight is 301 g/mol. The number of benzene rings is 1. The Bertz CT molecular complexity index is 482. The lowest BCUT2D eigenvalue weighted by atomic mass is 10.0. The summed E-state index contributed by atoms with van der Waals surface area (Å²) in [7, 11) is 0. The number of carbonyl (C=O) groups excluding carboxylic acids is 1. The molecule has 0 bridgehead atoms. The van der Waals surface area contributed by atoms with Crippen molar-refractivity contribution in [3.05, 3.63) is 24.3 Å². The van der Waals surface area contributed by atoms with Gasteiger partial charge in [0, 0.05) is 6.42 Å². The van der Waals surface area contributed by atoms with Gasteiger partial charge in [-0.15, -0.1) is 13.2 Å². The minimum Gasteiger partial charge on any atom is -0.404 e. The molecule has 0 saturated heterocycles. The summed E-state index contributed by atoms with van der Waals surface area (Å²) in [6, 6.07) is 5.56. The van der Waals surface area contributed by atoms with Gasteiger partial charge in [0.25, 0.3) is 0 Å². The molecular weight excluding hydrogens is 283 g/mol. The van der Waals surface area contributed by atoms with Crippen LogP contribution in [-0.2, 0) is 4.79 Å². The first-order valence-electron chi connectivity index (χ1n) is 7.08. The van der Waals surface area contributed by atoms with Crippen molar-refractivity contribution in [1.29, 1.82) is 0 Å². The number of anilines is 1. The molecule has 116 valence electrons. The van der Waals surface area contributed by atoms with E-state index in [-0.39, 0.29) is 17.3 Å². The molecule has 0 aliphatic heterocycles. The van der Waals surface area contributed by atoms with E-state index in [1.165, 1.54) is 31.0 Å². The van der Waals surface area contributed by atoms with Crippen LogP contribution < -0.4 is 10.1 Å². The van der Waals surface area contributed by atoms with Crippen molar-refractivity contribution in [1.82, 2.24) is 0 Å². The molecule has 0 heterocycles. The number of alkyl halides is 3. The molecule has 0 atom stereocenters. The fraction of sp³-hybridized carbons (Fsp3) is 0.533. The fourth-order valence-electron chi connectivity index (χ4n) is 2.63. The van der Waals surface area contributed by atoms with Gasteiger partial charge >= 0.3 is 6.36 Å². The molecule has 1 amide bonds. The molecule has 2 rings (SSSR count). The molecule has 1 aliphatic rings.